The first-order valence-corrected chi connectivity index (χ1v) is 22.6. The first-order chi connectivity index (χ1) is 26.0. The Balaban J connectivity index is 1.40. The molecule has 0 aliphatic rings. The lowest BCUT2D eigenvalue weighted by Gasteiger charge is -2.37. The maximum absolute atomic E-state index is 4.65. The van der Waals surface area contributed by atoms with Gasteiger partial charge in [0.2, 0.25) is 0 Å². The third kappa shape index (κ3) is 6.38. The van der Waals surface area contributed by atoms with Crippen molar-refractivity contribution in [2.45, 2.75) is 32.6 Å². The zero-order valence-electron chi connectivity index (χ0n) is 34.2. The van der Waals surface area contributed by atoms with Gasteiger partial charge in [-0.25, -0.2) is 8.75 Å². The molecule has 278 valence electrons. The van der Waals surface area contributed by atoms with Gasteiger partial charge in [-0.15, -0.1) is 0 Å². The molecule has 0 bridgehead atoms. The number of rotatable bonds is 8. The Bertz CT molecular complexity index is 2760. The molecule has 0 spiro atoms. The third-order valence-electron chi connectivity index (χ3n) is 11.3. The number of quaternary nitrogens is 1. The predicted octanol–water partition coefficient (Wildman–Crippen LogP) is 14.0. The van der Waals surface area contributed by atoms with Gasteiger partial charge in [0.1, 0.15) is 5.69 Å². The van der Waals surface area contributed by atoms with Crippen LogP contribution in [0.5, 0.6) is 0 Å². The molecule has 0 amide bonds. The molecule has 0 aliphatic carbocycles. The van der Waals surface area contributed by atoms with Gasteiger partial charge in [-0.3, -0.25) is 4.48 Å². The lowest BCUT2D eigenvalue weighted by molar-refractivity contribution is 0.486. The average Bonchev–Trinajstić information content (AvgIpc) is 3.13. The first kappa shape index (κ1) is 36.6. The maximum Gasteiger partial charge on any atom is 0.132 e. The molecule has 8 aromatic carbocycles. The Morgan fingerprint density at radius 1 is 0.455 bits per heavy atom. The number of para-hydroxylation sites is 2. The third-order valence-corrected chi connectivity index (χ3v) is 13.3. The van der Waals surface area contributed by atoms with E-state index in [0.717, 1.165) is 15.9 Å². The largest absolute Gasteiger partial charge is 0.309 e. The smallest absolute Gasteiger partial charge is 0.132 e. The normalized spacial score (nSPS) is 13.0. The van der Waals surface area contributed by atoms with Crippen LogP contribution in [-0.4, -0.2) is 45.8 Å². The molecular formula is C51H54N3S+. The predicted molar refractivity (Wildman–Crippen MR) is 249 cm³/mol. The van der Waals surface area contributed by atoms with Gasteiger partial charge in [0.25, 0.3) is 0 Å². The highest BCUT2D eigenvalue weighted by molar-refractivity contribution is 8.45. The Kier molecular flexibility index (Phi) is 8.53. The molecule has 4 heteroatoms. The van der Waals surface area contributed by atoms with Crippen LogP contribution in [0.2, 0.25) is 0 Å². The van der Waals surface area contributed by atoms with Crippen molar-refractivity contribution in [3.05, 3.63) is 156 Å². The Morgan fingerprint density at radius 2 is 0.818 bits per heavy atom. The minimum absolute atomic E-state index is 0.766. The van der Waals surface area contributed by atoms with Crippen LogP contribution >= 0.6 is 8.75 Å². The summed E-state index contributed by atoms with van der Waals surface area (Å²) < 4.78 is 0.766. The number of hydrogen-bond acceptors (Lipinski definition) is 2. The van der Waals surface area contributed by atoms with E-state index >= 15 is 0 Å². The Labute approximate surface area is 327 Å². The summed E-state index contributed by atoms with van der Waals surface area (Å²) in [5.41, 5.74) is 13.3. The van der Waals surface area contributed by atoms with E-state index in [1.54, 1.807) is 0 Å². The van der Waals surface area contributed by atoms with E-state index in [1.165, 1.54) is 87.9 Å². The van der Waals surface area contributed by atoms with Crippen LogP contribution in [0, 0.1) is 27.7 Å². The van der Waals surface area contributed by atoms with E-state index in [1.807, 2.05) is 0 Å². The van der Waals surface area contributed by atoms with E-state index in [4.69, 9.17) is 0 Å². The molecule has 3 nitrogen and oxygen atoms in total. The summed E-state index contributed by atoms with van der Waals surface area (Å²) in [7, 11) is 4.73. The summed E-state index contributed by atoms with van der Waals surface area (Å²) >= 11 is 0. The molecule has 0 saturated heterocycles. The van der Waals surface area contributed by atoms with Gasteiger partial charge in [-0.2, -0.15) is 0 Å². The van der Waals surface area contributed by atoms with E-state index in [0.29, 0.717) is 0 Å². The molecule has 0 N–H and O–H groups in total. The van der Waals surface area contributed by atoms with Crippen molar-refractivity contribution in [2.24, 2.45) is 0 Å². The molecule has 8 rings (SSSR count). The molecule has 0 atom stereocenters. The van der Waals surface area contributed by atoms with Crippen LogP contribution in [0.3, 0.4) is 0 Å². The molecule has 0 heterocycles. The monoisotopic (exact) mass is 740 g/mol. The second-order valence-corrected chi connectivity index (χ2v) is 23.8. The lowest BCUT2D eigenvalue weighted by Crippen LogP contribution is -2.34. The Hall–Kier alpha value is -5.42. The minimum atomic E-state index is -1.92. The van der Waals surface area contributed by atoms with Crippen molar-refractivity contribution >= 4 is 86.7 Å². The second kappa shape index (κ2) is 12.8. The summed E-state index contributed by atoms with van der Waals surface area (Å²) in [6.07, 6.45) is 6.89. The number of nitrogens with zero attached hydrogens (tertiary/aromatic N) is 3. The van der Waals surface area contributed by atoms with Crippen LogP contribution in [-0.2, 0) is 0 Å². The standard InChI is InChI=1S/C51H54N3S/c1-34-14-12-15-35(2)50(34)52(40-22-26-42(27-23-40)54(5,6)7)46-32-20-38-19-31-45-47(33-21-39-18-30-44(46)48(38)49(39)45)53(51-36(3)16-13-17-37(51)4)41-24-28-43(29-25-41)55(8,9,10)11/h12-33H,8H2,1-7,9-11H3/q+1. The van der Waals surface area contributed by atoms with Gasteiger partial charge in [0.05, 0.1) is 43.9 Å². The summed E-state index contributed by atoms with van der Waals surface area (Å²) in [4.78, 5) is 6.27. The van der Waals surface area contributed by atoms with Crippen LogP contribution < -0.4 is 14.3 Å². The van der Waals surface area contributed by atoms with Crippen molar-refractivity contribution in [2.75, 3.05) is 49.7 Å². The van der Waals surface area contributed by atoms with Crippen LogP contribution in [0.4, 0.5) is 39.8 Å². The van der Waals surface area contributed by atoms with Crippen molar-refractivity contribution in [3.63, 3.8) is 0 Å². The van der Waals surface area contributed by atoms with Crippen LogP contribution in [0.25, 0.3) is 32.3 Å². The maximum atomic E-state index is 4.65. The van der Waals surface area contributed by atoms with Crippen molar-refractivity contribution in [1.82, 2.24) is 4.48 Å². The lowest BCUT2D eigenvalue weighted by atomic mass is 9.91. The fourth-order valence-corrected chi connectivity index (χ4v) is 9.55. The summed E-state index contributed by atoms with van der Waals surface area (Å²) in [5, 5.41) is 7.55. The Morgan fingerprint density at radius 3 is 1.18 bits per heavy atom. The van der Waals surface area contributed by atoms with Gasteiger partial charge in [0, 0.05) is 34.3 Å². The highest BCUT2D eigenvalue weighted by atomic mass is 32.3. The van der Waals surface area contributed by atoms with Crippen molar-refractivity contribution < 1.29 is 0 Å². The fraction of sp³-hybridized carbons (Fsp3) is 0.196. The van der Waals surface area contributed by atoms with E-state index in [9.17, 15) is 0 Å². The van der Waals surface area contributed by atoms with E-state index in [-0.39, 0.29) is 0 Å². The topological polar surface area (TPSA) is 6.48 Å². The molecule has 0 saturated carbocycles. The van der Waals surface area contributed by atoms with E-state index in [2.05, 4.69) is 217 Å². The molecule has 0 fully saturated rings. The highest BCUT2D eigenvalue weighted by Gasteiger charge is 2.25. The quantitative estimate of drug-likeness (QED) is 0.0869. The van der Waals surface area contributed by atoms with Crippen molar-refractivity contribution in [3.8, 4) is 0 Å². The molecule has 55 heavy (non-hydrogen) atoms. The van der Waals surface area contributed by atoms with Gasteiger partial charge in [0.15, 0.2) is 0 Å². The second-order valence-electron chi connectivity index (χ2n) is 17.6. The molecular weight excluding hydrogens is 687 g/mol. The molecule has 0 unspecified atom stereocenters. The first-order valence-electron chi connectivity index (χ1n) is 19.1. The zero-order chi connectivity index (χ0) is 39.1. The number of aryl methyl sites for hydroxylation is 4. The molecule has 0 aliphatic heterocycles. The summed E-state index contributed by atoms with van der Waals surface area (Å²) in [5.74, 6) is 4.65. The number of hydrogen-bond donors (Lipinski definition) is 0. The van der Waals surface area contributed by atoms with Crippen molar-refractivity contribution in [1.29, 1.82) is 0 Å². The molecule has 0 radical (unpaired) electrons. The molecule has 0 aromatic heterocycles. The minimum Gasteiger partial charge on any atom is -0.309 e. The molecule has 8 aromatic rings. The fourth-order valence-electron chi connectivity index (χ4n) is 8.40. The summed E-state index contributed by atoms with van der Waals surface area (Å²) in [6.45, 7) is 8.92. The van der Waals surface area contributed by atoms with Crippen LogP contribution in [0.1, 0.15) is 22.3 Å². The van der Waals surface area contributed by atoms with Gasteiger partial charge in [-0.05, 0) is 144 Å². The average molecular weight is 741 g/mol. The number of benzene rings is 8. The van der Waals surface area contributed by atoms with Gasteiger partial charge >= 0.3 is 0 Å². The highest BCUT2D eigenvalue weighted by Crippen LogP contribution is 2.55. The summed E-state index contributed by atoms with van der Waals surface area (Å²) in [6, 6.07) is 50.1. The van der Waals surface area contributed by atoms with Crippen LogP contribution in [0.15, 0.2) is 138 Å². The van der Waals surface area contributed by atoms with Gasteiger partial charge in [-0.1, -0.05) is 78.7 Å². The SMILES string of the molecule is C=S(C)(C)(C)c1ccc(N(c2c(C)cccc2C)c2ccc3ccc4c(N(c5ccc([N+](C)(C)C)cc5)c5c(C)cccc5C)ccc5ccc2c3c54)cc1. The van der Waals surface area contributed by atoms with E-state index < -0.39 is 8.75 Å². The number of anilines is 6. The zero-order valence-corrected chi connectivity index (χ0v) is 35.0. The van der Waals surface area contributed by atoms with Gasteiger partial charge < -0.3 is 9.80 Å².